The van der Waals surface area contributed by atoms with E-state index in [0.29, 0.717) is 6.42 Å². The molecule has 0 radical (unpaired) electrons. The summed E-state index contributed by atoms with van der Waals surface area (Å²) in [5.74, 6) is -1.45. The molecule has 3 atom stereocenters. The Kier molecular flexibility index (Phi) is 4.33. The highest BCUT2D eigenvalue weighted by Crippen LogP contribution is 2.26. The lowest BCUT2D eigenvalue weighted by molar-refractivity contribution is -0.313. The van der Waals surface area contributed by atoms with E-state index < -0.39 is 11.9 Å². The van der Waals surface area contributed by atoms with Crippen LogP contribution in [0.1, 0.15) is 40.0 Å². The second-order valence-corrected chi connectivity index (χ2v) is 4.63. The van der Waals surface area contributed by atoms with E-state index in [1.54, 1.807) is 6.92 Å². The normalized spacial score (nSPS) is 21.9. The number of amides is 1. The fourth-order valence-corrected chi connectivity index (χ4v) is 2.44. The summed E-state index contributed by atoms with van der Waals surface area (Å²) in [5.41, 5.74) is 0. The average Bonchev–Trinajstić information content (AvgIpc) is 2.65. The summed E-state index contributed by atoms with van der Waals surface area (Å²) < 4.78 is 0. The molecule has 0 aromatic heterocycles. The highest BCUT2D eigenvalue weighted by molar-refractivity contribution is 5.78. The molecule has 1 aliphatic rings. The molecule has 0 spiro atoms. The van der Waals surface area contributed by atoms with Gasteiger partial charge >= 0.3 is 0 Å². The lowest BCUT2D eigenvalue weighted by Crippen LogP contribution is -2.46. The van der Waals surface area contributed by atoms with Crippen molar-refractivity contribution in [2.45, 2.75) is 46.1 Å². The third-order valence-electron chi connectivity index (χ3n) is 3.70. The minimum absolute atomic E-state index is 0.0305. The van der Waals surface area contributed by atoms with E-state index in [-0.39, 0.29) is 17.9 Å². The summed E-state index contributed by atoms with van der Waals surface area (Å²) in [6.07, 6.45) is 2.29. The fraction of sp³-hybridized carbons (Fsp3) is 0.833. The number of nitrogens with zero attached hydrogens (tertiary/aromatic N) is 1. The van der Waals surface area contributed by atoms with Crippen LogP contribution in [0, 0.1) is 11.8 Å². The maximum Gasteiger partial charge on any atom is 0.222 e. The predicted octanol–water partition coefficient (Wildman–Crippen LogP) is 0.409. The predicted molar refractivity (Wildman–Crippen MR) is 58.4 cm³/mol. The number of carboxylic acids is 1. The molecule has 4 nitrogen and oxygen atoms in total. The Bertz CT molecular complexity index is 277. The van der Waals surface area contributed by atoms with Gasteiger partial charge in [0, 0.05) is 30.9 Å². The quantitative estimate of drug-likeness (QED) is 0.682. The van der Waals surface area contributed by atoms with E-state index in [2.05, 4.69) is 0 Å². The second kappa shape index (κ2) is 5.32. The number of hydrogen-bond acceptors (Lipinski definition) is 3. The van der Waals surface area contributed by atoms with Gasteiger partial charge in [0.25, 0.3) is 0 Å². The lowest BCUT2D eigenvalue weighted by atomic mass is 9.86. The largest absolute Gasteiger partial charge is 0.550 e. The van der Waals surface area contributed by atoms with Gasteiger partial charge in [-0.2, -0.15) is 0 Å². The topological polar surface area (TPSA) is 60.4 Å². The van der Waals surface area contributed by atoms with Gasteiger partial charge < -0.3 is 14.8 Å². The molecule has 0 N–H and O–H groups in total. The maximum atomic E-state index is 11.6. The summed E-state index contributed by atoms with van der Waals surface area (Å²) >= 11 is 0. The molecule has 0 aliphatic carbocycles. The highest BCUT2D eigenvalue weighted by Gasteiger charge is 2.32. The van der Waals surface area contributed by atoms with Gasteiger partial charge in [-0.15, -0.1) is 0 Å². The van der Waals surface area contributed by atoms with Crippen molar-refractivity contribution < 1.29 is 14.7 Å². The van der Waals surface area contributed by atoms with Gasteiger partial charge in [0.05, 0.1) is 0 Å². The van der Waals surface area contributed by atoms with Gasteiger partial charge in [-0.25, -0.2) is 0 Å². The fourth-order valence-electron chi connectivity index (χ4n) is 2.44. The highest BCUT2D eigenvalue weighted by atomic mass is 16.4. The Labute approximate surface area is 96.6 Å². The second-order valence-electron chi connectivity index (χ2n) is 4.63. The van der Waals surface area contributed by atoms with Crippen molar-refractivity contribution in [3.63, 3.8) is 0 Å². The molecule has 92 valence electrons. The molecule has 1 rings (SSSR count). The third kappa shape index (κ3) is 2.54. The van der Waals surface area contributed by atoms with Crippen LogP contribution in [0.25, 0.3) is 0 Å². The molecule has 16 heavy (non-hydrogen) atoms. The van der Waals surface area contributed by atoms with Crippen molar-refractivity contribution in [2.75, 3.05) is 6.54 Å². The van der Waals surface area contributed by atoms with Crippen molar-refractivity contribution in [2.24, 2.45) is 11.8 Å². The number of rotatable bonds is 5. The Morgan fingerprint density at radius 1 is 1.50 bits per heavy atom. The van der Waals surface area contributed by atoms with E-state index in [9.17, 15) is 14.7 Å². The van der Waals surface area contributed by atoms with Crippen LogP contribution in [0.4, 0.5) is 0 Å². The first kappa shape index (κ1) is 13.0. The van der Waals surface area contributed by atoms with Crippen LogP contribution in [-0.4, -0.2) is 29.4 Å². The van der Waals surface area contributed by atoms with Crippen LogP contribution >= 0.6 is 0 Å². The van der Waals surface area contributed by atoms with Crippen LogP contribution in [0.5, 0.6) is 0 Å². The van der Waals surface area contributed by atoms with E-state index in [4.69, 9.17) is 0 Å². The molecular formula is C12H20NO3-. The van der Waals surface area contributed by atoms with Gasteiger partial charge in [0.2, 0.25) is 5.91 Å². The SMILES string of the molecule is CCC(C(C)C(C)C(=O)[O-])N1CCCC1=O. The van der Waals surface area contributed by atoms with E-state index in [1.165, 1.54) is 0 Å². The molecule has 0 bridgehead atoms. The first-order valence-corrected chi connectivity index (χ1v) is 5.99. The molecule has 0 aromatic rings. The minimum atomic E-state index is -1.03. The summed E-state index contributed by atoms with van der Waals surface area (Å²) in [5, 5.41) is 10.8. The number of carboxylic acid groups (broad SMARTS) is 1. The molecule has 1 amide bonds. The molecule has 0 aromatic carbocycles. The third-order valence-corrected chi connectivity index (χ3v) is 3.70. The summed E-state index contributed by atoms with van der Waals surface area (Å²) in [6.45, 7) is 6.31. The van der Waals surface area contributed by atoms with Crippen LogP contribution in [-0.2, 0) is 9.59 Å². The summed E-state index contributed by atoms with van der Waals surface area (Å²) in [4.78, 5) is 24.3. The van der Waals surface area contributed by atoms with Crippen molar-refractivity contribution in [3.8, 4) is 0 Å². The van der Waals surface area contributed by atoms with Crippen LogP contribution < -0.4 is 5.11 Å². The number of likely N-dealkylation sites (tertiary alicyclic amines) is 1. The summed E-state index contributed by atoms with van der Waals surface area (Å²) in [7, 11) is 0. The monoisotopic (exact) mass is 226 g/mol. The average molecular weight is 226 g/mol. The molecular weight excluding hydrogens is 206 g/mol. The van der Waals surface area contributed by atoms with Crippen LogP contribution in [0.15, 0.2) is 0 Å². The van der Waals surface area contributed by atoms with Gasteiger partial charge in [-0.1, -0.05) is 20.8 Å². The smallest absolute Gasteiger partial charge is 0.222 e. The van der Waals surface area contributed by atoms with Crippen molar-refractivity contribution in [1.29, 1.82) is 0 Å². The van der Waals surface area contributed by atoms with Gasteiger partial charge in [-0.05, 0) is 18.8 Å². The van der Waals surface area contributed by atoms with Gasteiger partial charge in [0.1, 0.15) is 0 Å². The molecule has 1 saturated heterocycles. The zero-order valence-corrected chi connectivity index (χ0v) is 10.2. The van der Waals surface area contributed by atoms with E-state index in [0.717, 1.165) is 19.4 Å². The minimum Gasteiger partial charge on any atom is -0.550 e. The lowest BCUT2D eigenvalue weighted by Gasteiger charge is -2.35. The van der Waals surface area contributed by atoms with Crippen LogP contribution in [0.2, 0.25) is 0 Å². The van der Waals surface area contributed by atoms with Gasteiger partial charge in [0.15, 0.2) is 0 Å². The van der Waals surface area contributed by atoms with Gasteiger partial charge in [-0.3, -0.25) is 4.79 Å². The first-order valence-electron chi connectivity index (χ1n) is 5.99. The Balaban J connectivity index is 2.73. The Hall–Kier alpha value is -1.06. The molecule has 1 aliphatic heterocycles. The van der Waals surface area contributed by atoms with E-state index >= 15 is 0 Å². The van der Waals surface area contributed by atoms with Crippen LogP contribution in [0.3, 0.4) is 0 Å². The zero-order valence-electron chi connectivity index (χ0n) is 10.2. The van der Waals surface area contributed by atoms with Crippen molar-refractivity contribution >= 4 is 11.9 Å². The maximum absolute atomic E-state index is 11.6. The molecule has 4 heteroatoms. The zero-order chi connectivity index (χ0) is 12.3. The molecule has 0 saturated carbocycles. The van der Waals surface area contributed by atoms with Crippen molar-refractivity contribution in [1.82, 2.24) is 4.90 Å². The summed E-state index contributed by atoms with van der Waals surface area (Å²) in [6, 6.07) is 0.0305. The molecule has 1 fully saturated rings. The Morgan fingerprint density at radius 2 is 2.12 bits per heavy atom. The molecule has 3 unspecified atom stereocenters. The molecule has 1 heterocycles. The number of aliphatic carboxylic acids is 1. The number of carbonyl (C=O) groups excluding carboxylic acids is 2. The Morgan fingerprint density at radius 3 is 2.50 bits per heavy atom. The van der Waals surface area contributed by atoms with Crippen molar-refractivity contribution in [3.05, 3.63) is 0 Å². The number of hydrogen-bond donors (Lipinski definition) is 0. The number of carbonyl (C=O) groups is 2. The first-order chi connectivity index (χ1) is 7.49. The van der Waals surface area contributed by atoms with E-state index in [1.807, 2.05) is 18.7 Å². The standard InChI is InChI=1S/C12H21NO3/c1-4-10(8(2)9(3)12(15)16)13-7-5-6-11(13)14/h8-10H,4-7H2,1-3H3,(H,15,16)/p-1.